The quantitative estimate of drug-likeness (QED) is 0.319. The van der Waals surface area contributed by atoms with Gasteiger partial charge in [-0.15, -0.1) is 0 Å². The second-order valence-electron chi connectivity index (χ2n) is 8.43. The lowest BCUT2D eigenvalue weighted by atomic mass is 9.94. The van der Waals surface area contributed by atoms with E-state index in [0.717, 1.165) is 44.7 Å². The van der Waals surface area contributed by atoms with Gasteiger partial charge in [-0.3, -0.25) is 4.90 Å². The average Bonchev–Trinajstić information content (AvgIpc) is 2.88. The Balaban J connectivity index is 0.000000392. The van der Waals surface area contributed by atoms with Crippen LogP contribution < -0.4 is 4.90 Å². The third kappa shape index (κ3) is 8.22. The summed E-state index contributed by atoms with van der Waals surface area (Å²) in [5.41, 5.74) is 4.00. The van der Waals surface area contributed by atoms with Crippen molar-refractivity contribution in [3.8, 4) is 0 Å². The zero-order chi connectivity index (χ0) is 25.9. The molecule has 3 aromatic rings. The molecule has 1 aliphatic heterocycles. The molecule has 2 N–H and O–H groups in total. The second-order valence-corrected chi connectivity index (χ2v) is 8.82. The molecule has 0 saturated heterocycles. The Morgan fingerprint density at radius 1 is 1.08 bits per heavy atom. The van der Waals surface area contributed by atoms with E-state index in [0.29, 0.717) is 17.3 Å². The Morgan fingerprint density at radius 2 is 1.81 bits per heavy atom. The maximum atomic E-state index is 9.55. The average molecular weight is 508 g/mol. The lowest BCUT2D eigenvalue weighted by Gasteiger charge is -2.28. The molecule has 1 aliphatic rings. The van der Waals surface area contributed by atoms with Gasteiger partial charge in [0.2, 0.25) is 0 Å². The number of benzene rings is 2. The van der Waals surface area contributed by atoms with Crippen LogP contribution in [0.15, 0.2) is 79.0 Å². The third-order valence-corrected chi connectivity index (χ3v) is 6.12. The topological polar surface area (TPSA) is 94.0 Å². The number of anilines is 1. The fourth-order valence-corrected chi connectivity index (χ4v) is 4.27. The van der Waals surface area contributed by atoms with Gasteiger partial charge in [0.05, 0.1) is 0 Å². The zero-order valence-corrected chi connectivity index (χ0v) is 20.9. The van der Waals surface area contributed by atoms with Crippen LogP contribution in [0.5, 0.6) is 0 Å². The molecule has 0 radical (unpaired) electrons. The number of carboxylic acids is 2. The lowest BCUT2D eigenvalue weighted by molar-refractivity contribution is -0.134. The Labute approximate surface area is 215 Å². The van der Waals surface area contributed by atoms with Crippen LogP contribution >= 0.6 is 11.6 Å². The number of rotatable bonds is 8. The van der Waals surface area contributed by atoms with E-state index in [9.17, 15) is 9.59 Å². The summed E-state index contributed by atoms with van der Waals surface area (Å²) in [6.45, 7) is 4.28. The Hall–Kier alpha value is -3.68. The normalized spacial score (nSPS) is 13.7. The molecule has 0 aliphatic carbocycles. The van der Waals surface area contributed by atoms with E-state index in [1.807, 2.05) is 12.1 Å². The van der Waals surface area contributed by atoms with Crippen molar-refractivity contribution in [1.29, 1.82) is 0 Å². The first-order valence-corrected chi connectivity index (χ1v) is 12.1. The molecule has 8 heteroatoms. The molecular weight excluding hydrogens is 478 g/mol. The zero-order valence-electron chi connectivity index (χ0n) is 20.2. The van der Waals surface area contributed by atoms with Crippen molar-refractivity contribution >= 4 is 45.6 Å². The fraction of sp³-hybridized carbons (Fsp3) is 0.250. The molecule has 7 nitrogen and oxygen atoms in total. The summed E-state index contributed by atoms with van der Waals surface area (Å²) in [4.78, 5) is 27.9. The van der Waals surface area contributed by atoms with Gasteiger partial charge in [-0.05, 0) is 46.9 Å². The second kappa shape index (κ2) is 13.4. The Morgan fingerprint density at radius 3 is 2.47 bits per heavy atom. The summed E-state index contributed by atoms with van der Waals surface area (Å²) in [7, 11) is 2.11. The number of pyridine rings is 1. The first-order valence-electron chi connectivity index (χ1n) is 11.7. The minimum absolute atomic E-state index is 0.548. The highest BCUT2D eigenvalue weighted by molar-refractivity contribution is 6.29. The van der Waals surface area contributed by atoms with Crippen LogP contribution in [0.4, 0.5) is 5.69 Å². The van der Waals surface area contributed by atoms with Crippen molar-refractivity contribution in [2.45, 2.75) is 12.8 Å². The van der Waals surface area contributed by atoms with Crippen LogP contribution in [0.25, 0.3) is 16.3 Å². The fourth-order valence-electron chi connectivity index (χ4n) is 4.10. The van der Waals surface area contributed by atoms with Crippen molar-refractivity contribution in [1.82, 2.24) is 9.88 Å². The molecule has 1 aromatic heterocycles. The van der Waals surface area contributed by atoms with Crippen LogP contribution in [0.1, 0.15) is 18.4 Å². The largest absolute Gasteiger partial charge is 0.478 e. The Bertz CT molecular complexity index is 1240. The van der Waals surface area contributed by atoms with Crippen molar-refractivity contribution in [2.24, 2.45) is 0 Å². The van der Waals surface area contributed by atoms with E-state index in [-0.39, 0.29) is 0 Å². The van der Waals surface area contributed by atoms with Crippen molar-refractivity contribution in [3.05, 3.63) is 89.7 Å². The summed E-state index contributed by atoms with van der Waals surface area (Å²) in [5.74, 6) is -2.51. The van der Waals surface area contributed by atoms with E-state index in [2.05, 4.69) is 70.4 Å². The summed E-state index contributed by atoms with van der Waals surface area (Å²) in [6.07, 6.45) is 7.54. The molecule has 0 atom stereocenters. The van der Waals surface area contributed by atoms with Crippen LogP contribution in [0.2, 0.25) is 5.15 Å². The minimum Gasteiger partial charge on any atom is -0.478 e. The predicted molar refractivity (Wildman–Crippen MR) is 145 cm³/mol. The predicted octanol–water partition coefficient (Wildman–Crippen LogP) is 5.22. The number of aromatic nitrogens is 1. The highest BCUT2D eigenvalue weighted by atomic mass is 35.5. The standard InChI is InChI=1S/C24H26ClN3.C4H4O4/c1-27(21-10-13-26-24(25)18-21)14-5-15-28-16-11-20(12-17-28)23-9-4-7-19-6-2-3-8-22(19)23;5-3(6)1-2-4(7)8/h2-4,6-11,13,18H,5,12,14-17H2,1H3;1-2H,(H,5,6)(H,7,8). The first-order chi connectivity index (χ1) is 17.3. The molecule has 36 heavy (non-hydrogen) atoms. The number of carbonyl (C=O) groups is 2. The van der Waals surface area contributed by atoms with Crippen molar-refractivity contribution < 1.29 is 19.8 Å². The van der Waals surface area contributed by atoms with Crippen molar-refractivity contribution in [3.63, 3.8) is 0 Å². The molecule has 0 saturated carbocycles. The maximum Gasteiger partial charge on any atom is 0.328 e. The summed E-state index contributed by atoms with van der Waals surface area (Å²) in [6, 6.07) is 19.2. The van der Waals surface area contributed by atoms with E-state index in [1.54, 1.807) is 6.20 Å². The van der Waals surface area contributed by atoms with Gasteiger partial charge in [-0.1, -0.05) is 60.1 Å². The van der Waals surface area contributed by atoms with Gasteiger partial charge in [-0.2, -0.15) is 0 Å². The smallest absolute Gasteiger partial charge is 0.328 e. The SMILES string of the molecule is CN(CCCN1CC=C(c2cccc3ccccc23)CC1)c1ccnc(Cl)c1.O=C(O)C=CC(=O)O. The van der Waals surface area contributed by atoms with Gasteiger partial charge in [0.25, 0.3) is 0 Å². The van der Waals surface area contributed by atoms with Crippen LogP contribution in [0.3, 0.4) is 0 Å². The van der Waals surface area contributed by atoms with Gasteiger partial charge in [0.15, 0.2) is 0 Å². The van der Waals surface area contributed by atoms with E-state index < -0.39 is 11.9 Å². The molecule has 2 heterocycles. The van der Waals surface area contributed by atoms with Gasteiger partial charge in [0, 0.05) is 57.3 Å². The highest BCUT2D eigenvalue weighted by Crippen LogP contribution is 2.29. The number of nitrogens with zero attached hydrogens (tertiary/aromatic N) is 3. The van der Waals surface area contributed by atoms with Crippen LogP contribution in [-0.4, -0.2) is 65.3 Å². The molecule has 188 valence electrons. The molecule has 0 amide bonds. The number of hydrogen-bond donors (Lipinski definition) is 2. The van der Waals surface area contributed by atoms with Gasteiger partial charge >= 0.3 is 11.9 Å². The summed E-state index contributed by atoms with van der Waals surface area (Å²) in [5, 5.41) is 18.9. The minimum atomic E-state index is -1.26. The summed E-state index contributed by atoms with van der Waals surface area (Å²) >= 11 is 5.99. The molecule has 2 aromatic carbocycles. The Kier molecular flexibility index (Phi) is 10.0. The molecule has 0 fully saturated rings. The molecule has 4 rings (SSSR count). The van der Waals surface area contributed by atoms with E-state index in [4.69, 9.17) is 21.8 Å². The van der Waals surface area contributed by atoms with Crippen LogP contribution in [0, 0.1) is 0 Å². The van der Waals surface area contributed by atoms with E-state index in [1.165, 1.54) is 21.9 Å². The lowest BCUT2D eigenvalue weighted by Crippen LogP contribution is -2.31. The van der Waals surface area contributed by atoms with Crippen LogP contribution in [-0.2, 0) is 9.59 Å². The monoisotopic (exact) mass is 507 g/mol. The maximum absolute atomic E-state index is 9.55. The summed E-state index contributed by atoms with van der Waals surface area (Å²) < 4.78 is 0. The number of hydrogen-bond acceptors (Lipinski definition) is 5. The molecule has 0 spiro atoms. The van der Waals surface area contributed by atoms with Crippen molar-refractivity contribution in [2.75, 3.05) is 38.1 Å². The number of fused-ring (bicyclic) bond motifs is 1. The highest BCUT2D eigenvalue weighted by Gasteiger charge is 2.14. The molecular formula is C28H30ClN3O4. The van der Waals surface area contributed by atoms with Gasteiger partial charge < -0.3 is 15.1 Å². The molecule has 0 unspecified atom stereocenters. The number of halogens is 1. The van der Waals surface area contributed by atoms with Gasteiger partial charge in [-0.25, -0.2) is 14.6 Å². The number of carboxylic acid groups (broad SMARTS) is 2. The van der Waals surface area contributed by atoms with Gasteiger partial charge in [0.1, 0.15) is 5.15 Å². The van der Waals surface area contributed by atoms with E-state index >= 15 is 0 Å². The third-order valence-electron chi connectivity index (χ3n) is 5.92. The molecule has 0 bridgehead atoms. The first kappa shape index (κ1) is 26.9. The number of aliphatic carboxylic acids is 2.